The molecule has 1 aromatic carbocycles. The van der Waals surface area contributed by atoms with Crippen LogP contribution in [0.2, 0.25) is 0 Å². The van der Waals surface area contributed by atoms with Gasteiger partial charge in [0.1, 0.15) is 0 Å². The number of amides is 2. The molecule has 132 valence electrons. The van der Waals surface area contributed by atoms with Crippen LogP contribution in [0.1, 0.15) is 53.0 Å². The van der Waals surface area contributed by atoms with Crippen LogP contribution in [0.25, 0.3) is 0 Å². The molecule has 2 rings (SSSR count). The van der Waals surface area contributed by atoms with Crippen LogP contribution in [-0.4, -0.2) is 34.8 Å². The van der Waals surface area contributed by atoms with Gasteiger partial charge >= 0.3 is 0 Å². The molecule has 0 aliphatic carbocycles. The number of nitrogens with one attached hydrogen (secondary N) is 1. The first kappa shape index (κ1) is 18.6. The lowest BCUT2D eigenvalue weighted by Crippen LogP contribution is -2.32. The Hall–Kier alpha value is -2.69. The highest BCUT2D eigenvalue weighted by molar-refractivity contribution is 5.99. The standard InChI is InChI=1S/C20H25N3O2/c1-3-11-23(12-4-2)20(25)18-9-5-8-17(13-18)19(24)22-15-16-7-6-10-21-14-16/h5-10,13-14H,3-4,11-12,15H2,1-2H3,(H,22,24). The van der Waals surface area contributed by atoms with Crippen molar-refractivity contribution < 1.29 is 9.59 Å². The van der Waals surface area contributed by atoms with Crippen molar-refractivity contribution in [2.24, 2.45) is 0 Å². The van der Waals surface area contributed by atoms with Gasteiger partial charge in [0.2, 0.25) is 0 Å². The number of carbonyl (C=O) groups excluding carboxylic acids is 2. The molecule has 0 spiro atoms. The number of pyridine rings is 1. The SMILES string of the molecule is CCCN(CCC)C(=O)c1cccc(C(=O)NCc2cccnc2)c1. The number of aromatic nitrogens is 1. The quantitative estimate of drug-likeness (QED) is 0.803. The average Bonchev–Trinajstić information content (AvgIpc) is 2.66. The first-order chi connectivity index (χ1) is 12.2. The zero-order valence-corrected chi connectivity index (χ0v) is 14.9. The first-order valence-corrected chi connectivity index (χ1v) is 8.72. The molecule has 0 saturated carbocycles. The molecule has 25 heavy (non-hydrogen) atoms. The van der Waals surface area contributed by atoms with Crippen molar-refractivity contribution >= 4 is 11.8 Å². The maximum Gasteiger partial charge on any atom is 0.253 e. The molecule has 0 aliphatic rings. The Morgan fingerprint density at radius 1 is 1.04 bits per heavy atom. The van der Waals surface area contributed by atoms with E-state index in [0.29, 0.717) is 17.7 Å². The fourth-order valence-electron chi connectivity index (χ4n) is 2.62. The van der Waals surface area contributed by atoms with Gasteiger partial charge in [0.15, 0.2) is 0 Å². The van der Waals surface area contributed by atoms with Gasteiger partial charge in [0, 0.05) is 43.2 Å². The van der Waals surface area contributed by atoms with E-state index < -0.39 is 0 Å². The van der Waals surface area contributed by atoms with E-state index in [2.05, 4.69) is 24.1 Å². The van der Waals surface area contributed by atoms with Gasteiger partial charge in [-0.05, 0) is 42.7 Å². The van der Waals surface area contributed by atoms with Crippen molar-refractivity contribution in [3.05, 3.63) is 65.5 Å². The molecular formula is C20H25N3O2. The van der Waals surface area contributed by atoms with Gasteiger partial charge in [0.05, 0.1) is 0 Å². The summed E-state index contributed by atoms with van der Waals surface area (Å²) in [5, 5.41) is 2.86. The normalized spacial score (nSPS) is 10.3. The van der Waals surface area contributed by atoms with E-state index >= 15 is 0 Å². The van der Waals surface area contributed by atoms with E-state index in [9.17, 15) is 9.59 Å². The number of hydrogen-bond acceptors (Lipinski definition) is 3. The van der Waals surface area contributed by atoms with Crippen LogP contribution in [0, 0.1) is 0 Å². The Balaban J connectivity index is 2.06. The topological polar surface area (TPSA) is 62.3 Å². The molecule has 0 bridgehead atoms. The Kier molecular flexibility index (Phi) is 7.14. The summed E-state index contributed by atoms with van der Waals surface area (Å²) < 4.78 is 0. The molecule has 2 amide bonds. The highest BCUT2D eigenvalue weighted by atomic mass is 16.2. The fourth-order valence-corrected chi connectivity index (χ4v) is 2.62. The Morgan fingerprint density at radius 3 is 2.40 bits per heavy atom. The predicted octanol–water partition coefficient (Wildman–Crippen LogP) is 3.27. The smallest absolute Gasteiger partial charge is 0.253 e. The van der Waals surface area contributed by atoms with Crippen LogP contribution in [0.3, 0.4) is 0 Å². The van der Waals surface area contributed by atoms with Crippen molar-refractivity contribution in [1.82, 2.24) is 15.2 Å². The average molecular weight is 339 g/mol. The summed E-state index contributed by atoms with van der Waals surface area (Å²) in [5.74, 6) is -0.221. The van der Waals surface area contributed by atoms with Gasteiger partial charge in [-0.3, -0.25) is 14.6 Å². The number of benzene rings is 1. The molecule has 0 radical (unpaired) electrons. The second-order valence-corrected chi connectivity index (χ2v) is 5.92. The van der Waals surface area contributed by atoms with Crippen molar-refractivity contribution in [1.29, 1.82) is 0 Å². The molecule has 1 N–H and O–H groups in total. The molecule has 1 aromatic heterocycles. The fraction of sp³-hybridized carbons (Fsp3) is 0.350. The molecule has 1 heterocycles. The van der Waals surface area contributed by atoms with Crippen molar-refractivity contribution in [2.45, 2.75) is 33.2 Å². The Labute approximate surface area is 149 Å². The third kappa shape index (κ3) is 5.41. The van der Waals surface area contributed by atoms with E-state index in [1.165, 1.54) is 0 Å². The van der Waals surface area contributed by atoms with Gasteiger partial charge in [-0.1, -0.05) is 26.0 Å². The monoisotopic (exact) mass is 339 g/mol. The highest BCUT2D eigenvalue weighted by Gasteiger charge is 2.16. The maximum atomic E-state index is 12.7. The minimum atomic E-state index is -0.198. The summed E-state index contributed by atoms with van der Waals surface area (Å²) in [5.41, 5.74) is 1.97. The van der Waals surface area contributed by atoms with E-state index in [0.717, 1.165) is 31.5 Å². The summed E-state index contributed by atoms with van der Waals surface area (Å²) in [6, 6.07) is 10.6. The third-order valence-electron chi connectivity index (χ3n) is 3.82. The van der Waals surface area contributed by atoms with Crippen molar-refractivity contribution in [3.63, 3.8) is 0 Å². The second-order valence-electron chi connectivity index (χ2n) is 5.92. The van der Waals surface area contributed by atoms with E-state index in [4.69, 9.17) is 0 Å². The maximum absolute atomic E-state index is 12.7. The summed E-state index contributed by atoms with van der Waals surface area (Å²) in [4.78, 5) is 30.9. The number of rotatable bonds is 8. The number of carbonyl (C=O) groups is 2. The molecule has 5 nitrogen and oxygen atoms in total. The summed E-state index contributed by atoms with van der Waals surface area (Å²) in [6.07, 6.45) is 5.24. The lowest BCUT2D eigenvalue weighted by Gasteiger charge is -2.21. The summed E-state index contributed by atoms with van der Waals surface area (Å²) in [7, 11) is 0. The van der Waals surface area contributed by atoms with E-state index in [-0.39, 0.29) is 11.8 Å². The second kappa shape index (κ2) is 9.57. The van der Waals surface area contributed by atoms with Gasteiger partial charge in [-0.25, -0.2) is 0 Å². The van der Waals surface area contributed by atoms with Crippen LogP contribution >= 0.6 is 0 Å². The molecule has 0 saturated heterocycles. The molecule has 0 unspecified atom stereocenters. The van der Waals surface area contributed by atoms with Crippen LogP contribution in [0.5, 0.6) is 0 Å². The number of hydrogen-bond donors (Lipinski definition) is 1. The summed E-state index contributed by atoms with van der Waals surface area (Å²) >= 11 is 0. The summed E-state index contributed by atoms with van der Waals surface area (Å²) in [6.45, 7) is 5.97. The van der Waals surface area contributed by atoms with Gasteiger partial charge in [-0.15, -0.1) is 0 Å². The highest BCUT2D eigenvalue weighted by Crippen LogP contribution is 2.10. The van der Waals surface area contributed by atoms with Crippen molar-refractivity contribution in [2.75, 3.05) is 13.1 Å². The van der Waals surface area contributed by atoms with Gasteiger partial charge < -0.3 is 10.2 Å². The third-order valence-corrected chi connectivity index (χ3v) is 3.82. The largest absolute Gasteiger partial charge is 0.348 e. The molecular weight excluding hydrogens is 314 g/mol. The van der Waals surface area contributed by atoms with Crippen LogP contribution in [0.4, 0.5) is 0 Å². The first-order valence-electron chi connectivity index (χ1n) is 8.72. The predicted molar refractivity (Wildman–Crippen MR) is 98.3 cm³/mol. The van der Waals surface area contributed by atoms with Crippen molar-refractivity contribution in [3.8, 4) is 0 Å². The lowest BCUT2D eigenvalue weighted by atomic mass is 10.1. The molecule has 0 aliphatic heterocycles. The molecule has 5 heteroatoms. The van der Waals surface area contributed by atoms with Crippen LogP contribution < -0.4 is 5.32 Å². The minimum Gasteiger partial charge on any atom is -0.348 e. The Morgan fingerprint density at radius 2 is 1.76 bits per heavy atom. The zero-order chi connectivity index (χ0) is 18.1. The van der Waals surface area contributed by atoms with Gasteiger partial charge in [0.25, 0.3) is 11.8 Å². The minimum absolute atomic E-state index is 0.0226. The Bertz CT molecular complexity index is 695. The molecule has 0 atom stereocenters. The van der Waals surface area contributed by atoms with Crippen LogP contribution in [-0.2, 0) is 6.54 Å². The zero-order valence-electron chi connectivity index (χ0n) is 14.9. The molecule has 2 aromatic rings. The van der Waals surface area contributed by atoms with Crippen LogP contribution in [0.15, 0.2) is 48.8 Å². The van der Waals surface area contributed by atoms with E-state index in [1.54, 1.807) is 36.7 Å². The number of nitrogens with zero attached hydrogens (tertiary/aromatic N) is 2. The lowest BCUT2D eigenvalue weighted by molar-refractivity contribution is 0.0755. The van der Waals surface area contributed by atoms with Gasteiger partial charge in [-0.2, -0.15) is 0 Å². The molecule has 0 fully saturated rings. The van der Waals surface area contributed by atoms with E-state index in [1.807, 2.05) is 17.0 Å².